The van der Waals surface area contributed by atoms with Gasteiger partial charge in [-0.2, -0.15) is 0 Å². The van der Waals surface area contributed by atoms with E-state index >= 15 is 0 Å². The number of hydrogen-bond acceptors (Lipinski definition) is 2. The predicted molar refractivity (Wildman–Crippen MR) is 68.7 cm³/mol. The fraction of sp³-hybridized carbons (Fsp3) is 0.0714. The zero-order valence-electron chi connectivity index (χ0n) is 9.38. The molecule has 17 heavy (non-hydrogen) atoms. The van der Waals surface area contributed by atoms with Crippen LogP contribution in [0.5, 0.6) is 0 Å². The maximum atomic E-state index is 11.0. The molecule has 2 aromatic carbocycles. The van der Waals surface area contributed by atoms with E-state index in [2.05, 4.69) is 0 Å². The van der Waals surface area contributed by atoms with Crippen LogP contribution in [-0.2, 0) is 0 Å². The Kier molecular flexibility index (Phi) is 3.49. The summed E-state index contributed by atoms with van der Waals surface area (Å²) in [4.78, 5) is 13.1. The molecule has 0 radical (unpaired) electrons. The van der Waals surface area contributed by atoms with E-state index in [1.54, 1.807) is 23.9 Å². The van der Waals surface area contributed by atoms with Gasteiger partial charge >= 0.3 is 5.97 Å². The first-order valence-corrected chi connectivity index (χ1v) is 6.06. The van der Waals surface area contributed by atoms with Crippen molar-refractivity contribution in [1.82, 2.24) is 0 Å². The van der Waals surface area contributed by atoms with E-state index in [1.165, 1.54) is 0 Å². The zero-order chi connectivity index (χ0) is 12.3. The minimum Gasteiger partial charge on any atom is -0.478 e. The predicted octanol–water partition coefficient (Wildman–Crippen LogP) is 3.84. The Labute approximate surface area is 104 Å². The number of carbonyl (C=O) groups is 1. The van der Waals surface area contributed by atoms with Crippen molar-refractivity contribution >= 4 is 17.7 Å². The van der Waals surface area contributed by atoms with Crippen LogP contribution in [0.1, 0.15) is 15.9 Å². The molecule has 0 fully saturated rings. The molecule has 2 nitrogen and oxygen atoms in total. The van der Waals surface area contributed by atoms with Crippen LogP contribution in [0.25, 0.3) is 0 Å². The first-order valence-electron chi connectivity index (χ1n) is 5.24. The van der Waals surface area contributed by atoms with Crippen LogP contribution in [0.4, 0.5) is 0 Å². The van der Waals surface area contributed by atoms with Crippen LogP contribution in [0.3, 0.4) is 0 Å². The molecule has 0 aromatic heterocycles. The number of carboxylic acids is 1. The molecule has 0 saturated carbocycles. The third kappa shape index (κ3) is 2.68. The molecular formula is C14H12O2S. The second-order valence-corrected chi connectivity index (χ2v) is 4.76. The summed E-state index contributed by atoms with van der Waals surface area (Å²) >= 11 is 1.58. The summed E-state index contributed by atoms with van der Waals surface area (Å²) < 4.78 is 0. The van der Waals surface area contributed by atoms with E-state index < -0.39 is 5.97 Å². The monoisotopic (exact) mass is 244 g/mol. The third-order valence-corrected chi connectivity index (χ3v) is 3.66. The van der Waals surface area contributed by atoms with Crippen LogP contribution in [0, 0.1) is 6.92 Å². The van der Waals surface area contributed by atoms with Gasteiger partial charge in [0.2, 0.25) is 0 Å². The van der Waals surface area contributed by atoms with Crippen molar-refractivity contribution in [2.45, 2.75) is 16.7 Å². The van der Waals surface area contributed by atoms with Crippen molar-refractivity contribution in [2.75, 3.05) is 0 Å². The largest absolute Gasteiger partial charge is 0.478 e. The van der Waals surface area contributed by atoms with Crippen molar-refractivity contribution in [3.63, 3.8) is 0 Å². The molecule has 86 valence electrons. The minimum absolute atomic E-state index is 0.367. The fourth-order valence-corrected chi connectivity index (χ4v) is 2.53. The van der Waals surface area contributed by atoms with Gasteiger partial charge in [0.15, 0.2) is 0 Å². The van der Waals surface area contributed by atoms with Gasteiger partial charge in [0.25, 0.3) is 0 Å². The van der Waals surface area contributed by atoms with Crippen molar-refractivity contribution < 1.29 is 9.90 Å². The minimum atomic E-state index is -0.877. The van der Waals surface area contributed by atoms with E-state index in [1.807, 2.05) is 43.3 Å². The summed E-state index contributed by atoms with van der Waals surface area (Å²) in [6.07, 6.45) is 0. The number of aromatic carboxylic acids is 1. The molecule has 0 bridgehead atoms. The molecule has 0 atom stereocenters. The standard InChI is InChI=1S/C14H12O2S/c1-10-12(14(15)16)8-5-9-13(10)17-11-6-3-2-4-7-11/h2-9H,1H3,(H,15,16). The highest BCUT2D eigenvalue weighted by atomic mass is 32.2. The van der Waals surface area contributed by atoms with Gasteiger partial charge in [-0.25, -0.2) is 4.79 Å². The molecule has 0 amide bonds. The molecule has 2 rings (SSSR count). The maximum absolute atomic E-state index is 11.0. The molecule has 1 N–H and O–H groups in total. The van der Waals surface area contributed by atoms with E-state index in [4.69, 9.17) is 5.11 Å². The SMILES string of the molecule is Cc1c(Sc2ccccc2)cccc1C(=O)O. The number of rotatable bonds is 3. The van der Waals surface area contributed by atoms with Crippen LogP contribution in [-0.4, -0.2) is 11.1 Å². The maximum Gasteiger partial charge on any atom is 0.335 e. The Morgan fingerprint density at radius 2 is 1.76 bits per heavy atom. The molecule has 0 spiro atoms. The smallest absolute Gasteiger partial charge is 0.335 e. The number of benzene rings is 2. The van der Waals surface area contributed by atoms with E-state index in [0.717, 1.165) is 15.4 Å². The van der Waals surface area contributed by atoms with Crippen LogP contribution < -0.4 is 0 Å². The summed E-state index contributed by atoms with van der Waals surface area (Å²) in [5.41, 5.74) is 1.18. The average molecular weight is 244 g/mol. The van der Waals surface area contributed by atoms with Gasteiger partial charge in [0.05, 0.1) is 5.56 Å². The highest BCUT2D eigenvalue weighted by Gasteiger charge is 2.10. The molecule has 0 heterocycles. The zero-order valence-corrected chi connectivity index (χ0v) is 10.2. The summed E-state index contributed by atoms with van der Waals surface area (Å²) in [5, 5.41) is 9.05. The third-order valence-electron chi connectivity index (χ3n) is 2.49. The molecule has 3 heteroatoms. The van der Waals surface area contributed by atoms with Crippen molar-refractivity contribution in [3.05, 3.63) is 59.7 Å². The number of carboxylic acid groups (broad SMARTS) is 1. The fourth-order valence-electron chi connectivity index (χ4n) is 1.57. The first kappa shape index (κ1) is 11.7. The second kappa shape index (κ2) is 5.06. The van der Waals surface area contributed by atoms with Gasteiger partial charge in [0, 0.05) is 9.79 Å². The topological polar surface area (TPSA) is 37.3 Å². The molecule has 0 aliphatic carbocycles. The summed E-state index contributed by atoms with van der Waals surface area (Å²) in [5.74, 6) is -0.877. The van der Waals surface area contributed by atoms with Crippen LogP contribution in [0.2, 0.25) is 0 Å². The Bertz CT molecular complexity index is 535. The van der Waals surface area contributed by atoms with Crippen LogP contribution in [0.15, 0.2) is 58.3 Å². The van der Waals surface area contributed by atoms with Crippen LogP contribution >= 0.6 is 11.8 Å². The number of hydrogen-bond donors (Lipinski definition) is 1. The lowest BCUT2D eigenvalue weighted by molar-refractivity contribution is 0.0696. The molecule has 0 aliphatic heterocycles. The Balaban J connectivity index is 2.34. The Hall–Kier alpha value is -1.74. The summed E-state index contributed by atoms with van der Waals surface area (Å²) in [6, 6.07) is 15.3. The van der Waals surface area contributed by atoms with Gasteiger partial charge in [-0.3, -0.25) is 0 Å². The van der Waals surface area contributed by atoms with Crippen molar-refractivity contribution in [1.29, 1.82) is 0 Å². The summed E-state index contributed by atoms with van der Waals surface area (Å²) in [7, 11) is 0. The highest BCUT2D eigenvalue weighted by Crippen LogP contribution is 2.31. The first-order chi connectivity index (χ1) is 8.18. The normalized spacial score (nSPS) is 10.2. The Morgan fingerprint density at radius 1 is 1.06 bits per heavy atom. The van der Waals surface area contributed by atoms with E-state index in [-0.39, 0.29) is 0 Å². The molecule has 0 unspecified atom stereocenters. The van der Waals surface area contributed by atoms with Gasteiger partial charge in [-0.05, 0) is 36.8 Å². The lowest BCUT2D eigenvalue weighted by Gasteiger charge is -2.07. The lowest BCUT2D eigenvalue weighted by Crippen LogP contribution is -2.00. The molecule has 0 aliphatic rings. The van der Waals surface area contributed by atoms with Gasteiger partial charge in [-0.1, -0.05) is 36.0 Å². The lowest BCUT2D eigenvalue weighted by atomic mass is 10.1. The molecular weight excluding hydrogens is 232 g/mol. The summed E-state index contributed by atoms with van der Waals surface area (Å²) in [6.45, 7) is 1.84. The van der Waals surface area contributed by atoms with Crippen molar-refractivity contribution in [3.8, 4) is 0 Å². The molecule has 2 aromatic rings. The second-order valence-electron chi connectivity index (χ2n) is 3.65. The highest BCUT2D eigenvalue weighted by molar-refractivity contribution is 7.99. The quantitative estimate of drug-likeness (QED) is 0.891. The average Bonchev–Trinajstić information content (AvgIpc) is 2.33. The van der Waals surface area contributed by atoms with Gasteiger partial charge in [0.1, 0.15) is 0 Å². The molecule has 0 saturated heterocycles. The van der Waals surface area contributed by atoms with E-state index in [9.17, 15) is 4.79 Å². The Morgan fingerprint density at radius 3 is 2.41 bits per heavy atom. The van der Waals surface area contributed by atoms with E-state index in [0.29, 0.717) is 5.56 Å². The van der Waals surface area contributed by atoms with Crippen molar-refractivity contribution in [2.24, 2.45) is 0 Å². The van der Waals surface area contributed by atoms with Gasteiger partial charge < -0.3 is 5.11 Å². The van der Waals surface area contributed by atoms with Gasteiger partial charge in [-0.15, -0.1) is 0 Å².